The van der Waals surface area contributed by atoms with Crippen LogP contribution in [0.5, 0.6) is 0 Å². The molecule has 0 spiro atoms. The first-order chi connectivity index (χ1) is 7.27. The zero-order valence-electron chi connectivity index (χ0n) is 11.0. The number of amides is 2. The molecule has 2 amide bonds. The fraction of sp³-hybridized carbons (Fsp3) is 0.846. The van der Waals surface area contributed by atoms with E-state index in [4.69, 9.17) is 0 Å². The maximum atomic E-state index is 11.9. The molecule has 0 aromatic heterocycles. The average Bonchev–Trinajstić information content (AvgIpc) is 2.10. The first-order valence-corrected chi connectivity index (χ1v) is 6.11. The van der Waals surface area contributed by atoms with Crippen molar-refractivity contribution in [2.45, 2.75) is 47.5 Å². The van der Waals surface area contributed by atoms with Crippen LogP contribution < -0.4 is 5.32 Å². The maximum Gasteiger partial charge on any atom is 0.230 e. The molecule has 2 unspecified atom stereocenters. The van der Waals surface area contributed by atoms with Gasteiger partial charge < -0.3 is 0 Å². The second-order valence-electron chi connectivity index (χ2n) is 5.93. The summed E-state index contributed by atoms with van der Waals surface area (Å²) in [5.74, 6) is 0.570. The minimum absolute atomic E-state index is 0.0369. The number of piperidine rings is 1. The van der Waals surface area contributed by atoms with Gasteiger partial charge in [0, 0.05) is 12.3 Å². The average molecular weight is 225 g/mol. The smallest absolute Gasteiger partial charge is 0.230 e. The van der Waals surface area contributed by atoms with Crippen molar-refractivity contribution in [2.75, 3.05) is 0 Å². The summed E-state index contributed by atoms with van der Waals surface area (Å²) in [4.78, 5) is 23.4. The van der Waals surface area contributed by atoms with Crippen molar-refractivity contribution >= 4 is 11.8 Å². The maximum absolute atomic E-state index is 11.9. The SMILES string of the molecule is CC(C)CC1C(=O)NC(=O)CC1(C)C(C)C. The number of nitrogens with one attached hydrogen (secondary N) is 1. The Balaban J connectivity index is 2.98. The van der Waals surface area contributed by atoms with Gasteiger partial charge in [0.25, 0.3) is 0 Å². The third-order valence-electron chi connectivity index (χ3n) is 3.94. The third-order valence-corrected chi connectivity index (χ3v) is 3.94. The fourth-order valence-electron chi connectivity index (χ4n) is 2.49. The number of rotatable bonds is 3. The molecule has 3 nitrogen and oxygen atoms in total. The molecular weight excluding hydrogens is 202 g/mol. The predicted octanol–water partition coefficient (Wildman–Crippen LogP) is 2.36. The van der Waals surface area contributed by atoms with Gasteiger partial charge in [-0.25, -0.2) is 0 Å². The Morgan fingerprint density at radius 3 is 2.31 bits per heavy atom. The summed E-state index contributed by atoms with van der Waals surface area (Å²) in [6.07, 6.45) is 1.32. The molecule has 3 heteroatoms. The Kier molecular flexibility index (Phi) is 3.76. The monoisotopic (exact) mass is 225 g/mol. The Bertz CT molecular complexity index is 296. The molecule has 1 fully saturated rings. The van der Waals surface area contributed by atoms with Gasteiger partial charge in [0.2, 0.25) is 11.8 Å². The fourth-order valence-corrected chi connectivity index (χ4v) is 2.49. The van der Waals surface area contributed by atoms with Crippen molar-refractivity contribution in [1.82, 2.24) is 5.32 Å². The molecule has 1 aliphatic heterocycles. The highest BCUT2D eigenvalue weighted by Crippen LogP contribution is 2.44. The predicted molar refractivity (Wildman–Crippen MR) is 63.7 cm³/mol. The zero-order valence-corrected chi connectivity index (χ0v) is 11.0. The lowest BCUT2D eigenvalue weighted by molar-refractivity contribution is -0.146. The highest BCUT2D eigenvalue weighted by Gasteiger charge is 2.46. The van der Waals surface area contributed by atoms with E-state index < -0.39 is 0 Å². The highest BCUT2D eigenvalue weighted by atomic mass is 16.2. The van der Waals surface area contributed by atoms with Crippen LogP contribution in [-0.2, 0) is 9.59 Å². The van der Waals surface area contributed by atoms with Crippen LogP contribution in [0.1, 0.15) is 47.5 Å². The van der Waals surface area contributed by atoms with Gasteiger partial charge >= 0.3 is 0 Å². The Labute approximate surface area is 98.0 Å². The molecule has 1 saturated heterocycles. The van der Waals surface area contributed by atoms with E-state index in [1.54, 1.807) is 0 Å². The molecule has 1 aliphatic rings. The number of hydrogen-bond acceptors (Lipinski definition) is 2. The molecule has 0 radical (unpaired) electrons. The van der Waals surface area contributed by atoms with Crippen LogP contribution in [0.25, 0.3) is 0 Å². The molecular formula is C13H23NO2. The summed E-state index contributed by atoms with van der Waals surface area (Å²) in [5.41, 5.74) is -0.191. The van der Waals surface area contributed by atoms with Crippen LogP contribution in [0.3, 0.4) is 0 Å². The van der Waals surface area contributed by atoms with E-state index in [0.29, 0.717) is 18.3 Å². The third kappa shape index (κ3) is 2.45. The Morgan fingerprint density at radius 2 is 1.88 bits per heavy atom. The zero-order chi connectivity index (χ0) is 12.5. The highest BCUT2D eigenvalue weighted by molar-refractivity contribution is 5.99. The quantitative estimate of drug-likeness (QED) is 0.749. The van der Waals surface area contributed by atoms with Gasteiger partial charge in [0.15, 0.2) is 0 Å². The van der Waals surface area contributed by atoms with Crippen LogP contribution in [-0.4, -0.2) is 11.8 Å². The molecule has 0 saturated carbocycles. The van der Waals surface area contributed by atoms with E-state index in [2.05, 4.69) is 39.9 Å². The molecule has 2 atom stereocenters. The van der Waals surface area contributed by atoms with Crippen LogP contribution in [0.15, 0.2) is 0 Å². The van der Waals surface area contributed by atoms with Crippen molar-refractivity contribution < 1.29 is 9.59 Å². The minimum Gasteiger partial charge on any atom is -0.296 e. The molecule has 0 aliphatic carbocycles. The molecule has 1 heterocycles. The van der Waals surface area contributed by atoms with Crippen LogP contribution in [0.2, 0.25) is 0 Å². The molecule has 92 valence electrons. The van der Waals surface area contributed by atoms with Crippen molar-refractivity contribution in [3.05, 3.63) is 0 Å². The Morgan fingerprint density at radius 1 is 1.31 bits per heavy atom. The standard InChI is InChI=1S/C13H23NO2/c1-8(2)6-10-12(16)14-11(15)7-13(10,5)9(3)4/h8-10H,6-7H2,1-5H3,(H,14,15,16). The molecule has 0 aromatic rings. The summed E-state index contributed by atoms with van der Waals surface area (Å²) in [6, 6.07) is 0. The summed E-state index contributed by atoms with van der Waals surface area (Å²) >= 11 is 0. The van der Waals surface area contributed by atoms with Crippen LogP contribution in [0, 0.1) is 23.2 Å². The second kappa shape index (κ2) is 4.56. The van der Waals surface area contributed by atoms with Gasteiger partial charge in [-0.3, -0.25) is 14.9 Å². The van der Waals surface area contributed by atoms with Gasteiger partial charge in [-0.15, -0.1) is 0 Å². The topological polar surface area (TPSA) is 46.2 Å². The van der Waals surface area contributed by atoms with Gasteiger partial charge in [0.1, 0.15) is 0 Å². The number of carbonyl (C=O) groups is 2. The molecule has 0 bridgehead atoms. The lowest BCUT2D eigenvalue weighted by Crippen LogP contribution is -2.53. The van der Waals surface area contributed by atoms with E-state index in [1.165, 1.54) is 0 Å². The van der Waals surface area contributed by atoms with E-state index in [9.17, 15) is 9.59 Å². The van der Waals surface area contributed by atoms with Gasteiger partial charge in [0.05, 0.1) is 0 Å². The lowest BCUT2D eigenvalue weighted by atomic mass is 9.62. The molecule has 1 N–H and O–H groups in total. The first kappa shape index (κ1) is 13.2. The van der Waals surface area contributed by atoms with Crippen molar-refractivity contribution in [3.8, 4) is 0 Å². The van der Waals surface area contributed by atoms with Crippen molar-refractivity contribution in [3.63, 3.8) is 0 Å². The normalized spacial score (nSPS) is 31.1. The largest absolute Gasteiger partial charge is 0.296 e. The minimum atomic E-state index is -0.191. The lowest BCUT2D eigenvalue weighted by Gasteiger charge is -2.43. The van der Waals surface area contributed by atoms with E-state index >= 15 is 0 Å². The first-order valence-electron chi connectivity index (χ1n) is 6.11. The molecule has 0 aromatic carbocycles. The summed E-state index contributed by atoms with van der Waals surface area (Å²) in [5, 5.41) is 2.47. The van der Waals surface area contributed by atoms with E-state index in [-0.39, 0.29) is 23.1 Å². The summed E-state index contributed by atoms with van der Waals surface area (Å²) in [6.45, 7) is 10.5. The number of imide groups is 1. The summed E-state index contributed by atoms with van der Waals surface area (Å²) < 4.78 is 0. The summed E-state index contributed by atoms with van der Waals surface area (Å²) in [7, 11) is 0. The van der Waals surface area contributed by atoms with E-state index in [0.717, 1.165) is 6.42 Å². The van der Waals surface area contributed by atoms with Gasteiger partial charge in [-0.05, 0) is 23.7 Å². The molecule has 16 heavy (non-hydrogen) atoms. The van der Waals surface area contributed by atoms with E-state index in [1.807, 2.05) is 0 Å². The number of carbonyl (C=O) groups excluding carboxylic acids is 2. The van der Waals surface area contributed by atoms with Crippen LogP contribution in [0.4, 0.5) is 0 Å². The number of hydrogen-bond donors (Lipinski definition) is 1. The second-order valence-corrected chi connectivity index (χ2v) is 5.93. The van der Waals surface area contributed by atoms with Gasteiger partial charge in [-0.1, -0.05) is 34.6 Å². The Hall–Kier alpha value is -0.860. The van der Waals surface area contributed by atoms with Crippen molar-refractivity contribution in [1.29, 1.82) is 0 Å². The molecule has 1 rings (SSSR count). The van der Waals surface area contributed by atoms with Crippen LogP contribution >= 0.6 is 0 Å². The van der Waals surface area contributed by atoms with Crippen molar-refractivity contribution in [2.24, 2.45) is 23.2 Å². The van der Waals surface area contributed by atoms with Gasteiger partial charge in [-0.2, -0.15) is 0 Å².